The molecule has 0 spiro atoms. The van der Waals surface area contributed by atoms with Crippen LogP contribution in [0.2, 0.25) is 5.02 Å². The van der Waals surface area contributed by atoms with Crippen molar-refractivity contribution in [3.05, 3.63) is 136 Å². The molecule has 1 N–H and O–H groups in total. The first-order valence-corrected chi connectivity index (χ1v) is 12.1. The Morgan fingerprint density at radius 3 is 1.97 bits per heavy atom. The Morgan fingerprint density at radius 1 is 0.743 bits per heavy atom. The summed E-state index contributed by atoms with van der Waals surface area (Å²) in [6.07, 6.45) is 0. The van der Waals surface area contributed by atoms with Crippen LogP contribution in [0.15, 0.2) is 102 Å². The van der Waals surface area contributed by atoms with Gasteiger partial charge < -0.3 is 5.11 Å². The van der Waals surface area contributed by atoms with Gasteiger partial charge in [-0.3, -0.25) is 0 Å². The summed E-state index contributed by atoms with van der Waals surface area (Å²) in [5.74, 6) is -3.15. The van der Waals surface area contributed by atoms with Gasteiger partial charge in [-0.2, -0.15) is 0 Å². The number of halogens is 3. The lowest BCUT2D eigenvalue weighted by Gasteiger charge is -2.19. The van der Waals surface area contributed by atoms with Crippen LogP contribution in [0.5, 0.6) is 0 Å². The summed E-state index contributed by atoms with van der Waals surface area (Å²) < 4.78 is 57.6. The average molecular weight is 511 g/mol. The van der Waals surface area contributed by atoms with E-state index in [0.29, 0.717) is 5.56 Å². The number of hydrogen-bond donors (Lipinski definition) is 1. The van der Waals surface area contributed by atoms with Crippen molar-refractivity contribution < 1.29 is 27.1 Å². The number of carbonyl (C=O) groups is 1. The molecule has 0 fully saturated rings. The molecule has 0 aliphatic rings. The van der Waals surface area contributed by atoms with Crippen molar-refractivity contribution in [2.24, 2.45) is 0 Å². The van der Waals surface area contributed by atoms with Crippen LogP contribution in [-0.2, 0) is 9.84 Å². The predicted octanol–water partition coefficient (Wildman–Crippen LogP) is 6.71. The highest BCUT2D eigenvalue weighted by molar-refractivity contribution is 8.01. The maximum absolute atomic E-state index is 15.2. The van der Waals surface area contributed by atoms with Gasteiger partial charge in [-0.1, -0.05) is 60.1 Å². The molecule has 4 aromatic rings. The van der Waals surface area contributed by atoms with E-state index in [1.54, 1.807) is 36.4 Å². The molecule has 35 heavy (non-hydrogen) atoms. The summed E-state index contributed by atoms with van der Waals surface area (Å²) in [4.78, 5) is 11.3. The van der Waals surface area contributed by atoms with Gasteiger partial charge in [-0.15, -0.1) is 0 Å². The fourth-order valence-electron chi connectivity index (χ4n) is 3.72. The van der Waals surface area contributed by atoms with Gasteiger partial charge in [0.1, 0.15) is 11.6 Å². The lowest BCUT2D eigenvalue weighted by Crippen LogP contribution is -2.12. The van der Waals surface area contributed by atoms with Crippen molar-refractivity contribution >= 4 is 37.9 Å². The van der Waals surface area contributed by atoms with Crippen LogP contribution in [0, 0.1) is 11.6 Å². The molecule has 0 heterocycles. The Balaban J connectivity index is 2.24. The Bertz CT molecular complexity index is 1550. The lowest BCUT2D eigenvalue weighted by molar-refractivity contribution is 0.0696. The largest absolute Gasteiger partial charge is 0.478 e. The van der Waals surface area contributed by atoms with Gasteiger partial charge >= 0.3 is 5.97 Å². The Hall–Kier alpha value is -3.81. The van der Waals surface area contributed by atoms with E-state index in [1.807, 2.05) is 0 Å². The molecule has 4 nitrogen and oxygen atoms in total. The number of rotatable bonds is 6. The van der Waals surface area contributed by atoms with Crippen molar-refractivity contribution in [2.45, 2.75) is 4.90 Å². The molecule has 0 unspecified atom stereocenters. The highest BCUT2D eigenvalue weighted by Gasteiger charge is 2.31. The second-order valence-corrected chi connectivity index (χ2v) is 9.83. The van der Waals surface area contributed by atoms with Crippen LogP contribution < -0.4 is 0 Å². The third-order valence-corrected chi connectivity index (χ3v) is 7.39. The van der Waals surface area contributed by atoms with Crippen LogP contribution in [0.3, 0.4) is 0 Å². The minimum atomic E-state index is -4.53. The molecule has 0 aromatic heterocycles. The van der Waals surface area contributed by atoms with Gasteiger partial charge in [0, 0.05) is 16.2 Å². The summed E-state index contributed by atoms with van der Waals surface area (Å²) in [6, 6.07) is 21.6. The van der Waals surface area contributed by atoms with E-state index in [4.69, 9.17) is 11.6 Å². The molecule has 0 saturated carbocycles. The molecular weight excluding hydrogens is 494 g/mol. The SMILES string of the molecule is O=C(O)c1ccccc1C(=C(c1cc(F)ccc1F)S(=O)(=O)c1ccc(Cl)cc1)c1ccccc1. The second-order valence-electron chi connectivity index (χ2n) is 7.50. The Morgan fingerprint density at radius 2 is 1.34 bits per heavy atom. The lowest BCUT2D eigenvalue weighted by atomic mass is 9.92. The minimum absolute atomic E-state index is 0.0300. The molecule has 0 atom stereocenters. The fraction of sp³-hybridized carbons (Fsp3) is 0. The van der Waals surface area contributed by atoms with E-state index in [0.717, 1.165) is 18.2 Å². The predicted molar refractivity (Wildman–Crippen MR) is 131 cm³/mol. The summed E-state index contributed by atoms with van der Waals surface area (Å²) in [6.45, 7) is 0. The maximum Gasteiger partial charge on any atom is 0.336 e. The zero-order valence-electron chi connectivity index (χ0n) is 18.0. The smallest absolute Gasteiger partial charge is 0.336 e. The first-order valence-electron chi connectivity index (χ1n) is 10.3. The number of hydrogen-bond acceptors (Lipinski definition) is 3. The van der Waals surface area contributed by atoms with Crippen LogP contribution in [0.1, 0.15) is 27.0 Å². The fourth-order valence-corrected chi connectivity index (χ4v) is 5.52. The average Bonchev–Trinajstić information content (AvgIpc) is 2.85. The Kier molecular flexibility index (Phi) is 6.82. The second kappa shape index (κ2) is 9.82. The topological polar surface area (TPSA) is 71.4 Å². The number of benzene rings is 4. The van der Waals surface area contributed by atoms with Gasteiger partial charge in [0.25, 0.3) is 0 Å². The van der Waals surface area contributed by atoms with E-state index >= 15 is 4.39 Å². The van der Waals surface area contributed by atoms with Crippen LogP contribution in [-0.4, -0.2) is 19.5 Å². The van der Waals surface area contributed by atoms with Crippen LogP contribution in [0.25, 0.3) is 10.5 Å². The molecule has 0 bridgehead atoms. The van der Waals surface area contributed by atoms with Gasteiger partial charge in [-0.25, -0.2) is 22.0 Å². The molecule has 176 valence electrons. The third-order valence-electron chi connectivity index (χ3n) is 5.28. The molecule has 4 aromatic carbocycles. The van der Waals surface area contributed by atoms with E-state index < -0.39 is 37.9 Å². The summed E-state index contributed by atoms with van der Waals surface area (Å²) >= 11 is 5.93. The van der Waals surface area contributed by atoms with Crippen molar-refractivity contribution in [1.82, 2.24) is 0 Å². The van der Waals surface area contributed by atoms with E-state index in [-0.39, 0.29) is 26.6 Å². The number of carboxylic acid groups (broad SMARTS) is 1. The van der Waals surface area contributed by atoms with E-state index in [9.17, 15) is 22.7 Å². The monoisotopic (exact) mass is 510 g/mol. The van der Waals surface area contributed by atoms with Crippen LogP contribution in [0.4, 0.5) is 8.78 Å². The van der Waals surface area contributed by atoms with Gasteiger partial charge in [-0.05, 0) is 59.7 Å². The highest BCUT2D eigenvalue weighted by Crippen LogP contribution is 2.41. The summed E-state index contributed by atoms with van der Waals surface area (Å²) in [5, 5.41) is 10.1. The van der Waals surface area contributed by atoms with E-state index in [2.05, 4.69) is 0 Å². The molecule has 0 saturated heterocycles. The summed E-state index contributed by atoms with van der Waals surface area (Å²) in [7, 11) is -4.53. The van der Waals surface area contributed by atoms with Crippen molar-refractivity contribution in [2.75, 3.05) is 0 Å². The zero-order chi connectivity index (χ0) is 25.2. The van der Waals surface area contributed by atoms with Crippen molar-refractivity contribution in [1.29, 1.82) is 0 Å². The van der Waals surface area contributed by atoms with Gasteiger partial charge in [0.15, 0.2) is 0 Å². The molecular formula is C27H17ClF2O4S. The normalized spacial score (nSPS) is 12.2. The first-order chi connectivity index (χ1) is 16.7. The quantitative estimate of drug-likeness (QED) is 0.293. The number of aromatic carboxylic acids is 1. The molecule has 8 heteroatoms. The van der Waals surface area contributed by atoms with Gasteiger partial charge in [0.2, 0.25) is 9.84 Å². The zero-order valence-corrected chi connectivity index (χ0v) is 19.5. The van der Waals surface area contributed by atoms with Crippen molar-refractivity contribution in [3.63, 3.8) is 0 Å². The molecule has 0 aliphatic heterocycles. The van der Waals surface area contributed by atoms with Gasteiger partial charge in [0.05, 0.1) is 15.4 Å². The summed E-state index contributed by atoms with van der Waals surface area (Å²) in [5.41, 5.74) is -0.478. The minimum Gasteiger partial charge on any atom is -0.478 e. The molecule has 0 amide bonds. The molecule has 0 aliphatic carbocycles. The third kappa shape index (κ3) is 4.87. The number of sulfone groups is 1. The highest BCUT2D eigenvalue weighted by atomic mass is 35.5. The number of carboxylic acids is 1. The standard InChI is InChI=1S/C27H17ClF2O4S/c28-18-10-13-20(14-11-18)35(33,34)26(23-16-19(29)12-15-24(23)30)25(17-6-2-1-3-7-17)21-8-4-5-9-22(21)27(31)32/h1-16H,(H,31,32). The molecule has 4 rings (SSSR count). The van der Waals surface area contributed by atoms with Crippen LogP contribution >= 0.6 is 11.6 Å². The van der Waals surface area contributed by atoms with E-state index in [1.165, 1.54) is 42.5 Å². The Labute approximate surface area is 205 Å². The maximum atomic E-state index is 15.2. The van der Waals surface area contributed by atoms with Crippen molar-refractivity contribution in [3.8, 4) is 0 Å². The molecule has 0 radical (unpaired) electrons. The first kappa shape index (κ1) is 24.3.